The van der Waals surface area contributed by atoms with Crippen molar-refractivity contribution in [1.82, 2.24) is 20.9 Å². The van der Waals surface area contributed by atoms with E-state index in [9.17, 15) is 19.2 Å². The number of hydrogen-bond acceptors (Lipinski definition) is 6. The third-order valence-corrected chi connectivity index (χ3v) is 8.79. The van der Waals surface area contributed by atoms with Crippen LogP contribution in [0.1, 0.15) is 50.3 Å². The number of likely N-dealkylation sites (tertiary alicyclic amines) is 1. The molecular weight excluding hydrogens is 689 g/mol. The van der Waals surface area contributed by atoms with Crippen molar-refractivity contribution in [3.63, 3.8) is 0 Å². The van der Waals surface area contributed by atoms with Crippen LogP contribution in [0.25, 0.3) is 0 Å². The third-order valence-electron chi connectivity index (χ3n) is 8.36. The van der Waals surface area contributed by atoms with Crippen molar-refractivity contribution in [2.75, 3.05) is 26.2 Å². The van der Waals surface area contributed by atoms with Crippen LogP contribution in [0.4, 0.5) is 8.78 Å². The standard InChI is InChI=1S/C37H42Cl2F2N4O5/c1-24(2)31(33(46)37(40,41)36(49)42-16-19-45-17-10-5-11-18-45)43-35(48)32(26-14-8-4-9-15-26)44-34(47)30(20-25-12-6-3-7-13-25)50-29-22-27(38)21-28(39)23-29/h3-4,6-9,12-15,21-24,30-32H,5,10-11,16-20H2,1-2H3,(H,42,49)(H,43,48)(H,44,47)/t30-,31+,32+/m1/s1. The lowest BCUT2D eigenvalue weighted by Gasteiger charge is -2.29. The summed E-state index contributed by atoms with van der Waals surface area (Å²) >= 11 is 12.3. The first-order valence-corrected chi connectivity index (χ1v) is 17.4. The number of hydrogen-bond donors (Lipinski definition) is 3. The van der Waals surface area contributed by atoms with Crippen molar-refractivity contribution in [2.45, 2.75) is 63.6 Å². The molecular formula is C37H42Cl2F2N4O5. The zero-order valence-electron chi connectivity index (χ0n) is 28.0. The molecule has 0 radical (unpaired) electrons. The largest absolute Gasteiger partial charge is 0.480 e. The van der Waals surface area contributed by atoms with E-state index in [0.29, 0.717) is 12.1 Å². The number of rotatable bonds is 16. The lowest BCUT2D eigenvalue weighted by Crippen LogP contribution is -2.58. The molecule has 3 aromatic carbocycles. The van der Waals surface area contributed by atoms with E-state index in [0.717, 1.165) is 37.9 Å². The van der Waals surface area contributed by atoms with E-state index >= 15 is 8.78 Å². The molecule has 9 nitrogen and oxygen atoms in total. The molecule has 0 saturated carbocycles. The Balaban J connectivity index is 1.53. The summed E-state index contributed by atoms with van der Waals surface area (Å²) in [6.45, 7) is 4.93. The van der Waals surface area contributed by atoms with Crippen LogP contribution in [0.2, 0.25) is 10.0 Å². The minimum absolute atomic E-state index is 0.0455. The Morgan fingerprint density at radius 1 is 0.840 bits per heavy atom. The van der Waals surface area contributed by atoms with Crippen LogP contribution in [0, 0.1) is 5.92 Å². The van der Waals surface area contributed by atoms with Gasteiger partial charge in [0.1, 0.15) is 11.8 Å². The first-order valence-electron chi connectivity index (χ1n) is 16.6. The first-order chi connectivity index (χ1) is 23.8. The number of alkyl halides is 2. The van der Waals surface area contributed by atoms with Gasteiger partial charge in [-0.05, 0) is 61.2 Å². The second kappa shape index (κ2) is 18.3. The van der Waals surface area contributed by atoms with Crippen molar-refractivity contribution in [1.29, 1.82) is 0 Å². The summed E-state index contributed by atoms with van der Waals surface area (Å²) in [7, 11) is 0. The zero-order chi connectivity index (χ0) is 36.3. The number of carbonyl (C=O) groups is 4. The summed E-state index contributed by atoms with van der Waals surface area (Å²) in [5.74, 6) is -10.1. The molecule has 1 fully saturated rings. The zero-order valence-corrected chi connectivity index (χ0v) is 29.5. The molecule has 0 aromatic heterocycles. The van der Waals surface area contributed by atoms with Crippen molar-refractivity contribution in [2.24, 2.45) is 5.92 Å². The molecule has 0 aliphatic carbocycles. The number of halogens is 4. The molecule has 3 N–H and O–H groups in total. The molecule has 4 rings (SSSR count). The number of amides is 3. The van der Waals surface area contributed by atoms with Crippen molar-refractivity contribution in [3.05, 3.63) is 100 Å². The minimum Gasteiger partial charge on any atom is -0.480 e. The maximum Gasteiger partial charge on any atom is 0.383 e. The molecule has 0 unspecified atom stereocenters. The quantitative estimate of drug-likeness (QED) is 0.161. The molecule has 3 atom stereocenters. The van der Waals surface area contributed by atoms with Crippen molar-refractivity contribution >= 4 is 46.7 Å². The van der Waals surface area contributed by atoms with E-state index in [2.05, 4.69) is 20.9 Å². The van der Waals surface area contributed by atoms with Crippen LogP contribution < -0.4 is 20.7 Å². The van der Waals surface area contributed by atoms with Gasteiger partial charge in [0, 0.05) is 29.6 Å². The molecule has 1 aliphatic heterocycles. The monoisotopic (exact) mass is 730 g/mol. The van der Waals surface area contributed by atoms with Gasteiger partial charge in [0.25, 0.3) is 11.8 Å². The fourth-order valence-electron chi connectivity index (χ4n) is 5.66. The maximum atomic E-state index is 15.3. The van der Waals surface area contributed by atoms with Crippen molar-refractivity contribution < 1.29 is 32.7 Å². The van der Waals surface area contributed by atoms with E-state index in [-0.39, 0.29) is 28.8 Å². The van der Waals surface area contributed by atoms with Crippen molar-refractivity contribution in [3.8, 4) is 5.75 Å². The normalized spacial score (nSPS) is 15.4. The number of nitrogens with zero attached hydrogens (tertiary/aromatic N) is 1. The first kappa shape index (κ1) is 38.7. The highest BCUT2D eigenvalue weighted by Gasteiger charge is 2.51. The van der Waals surface area contributed by atoms with Gasteiger partial charge < -0.3 is 25.6 Å². The molecule has 3 aromatic rings. The molecule has 50 heavy (non-hydrogen) atoms. The number of Topliss-reactive ketones (excluding diaryl/α,β-unsaturated/α-hetero) is 1. The third kappa shape index (κ3) is 11.0. The molecule has 0 spiro atoms. The number of nitrogens with one attached hydrogen (secondary N) is 3. The van der Waals surface area contributed by atoms with Gasteiger partial charge in [0.2, 0.25) is 11.7 Å². The summed E-state index contributed by atoms with van der Waals surface area (Å²) in [6, 6.07) is 18.5. The smallest absolute Gasteiger partial charge is 0.383 e. The molecule has 1 saturated heterocycles. The van der Waals surface area contributed by atoms with E-state index in [4.69, 9.17) is 27.9 Å². The second-order valence-corrected chi connectivity index (χ2v) is 13.5. The van der Waals surface area contributed by atoms with Gasteiger partial charge in [-0.15, -0.1) is 0 Å². The van der Waals surface area contributed by atoms with Gasteiger partial charge in [-0.2, -0.15) is 8.78 Å². The van der Waals surface area contributed by atoms with Gasteiger partial charge in [-0.25, -0.2) is 0 Å². The number of carbonyl (C=O) groups excluding carboxylic acids is 4. The molecule has 1 heterocycles. The number of piperidine rings is 1. The predicted molar refractivity (Wildman–Crippen MR) is 188 cm³/mol. The molecule has 268 valence electrons. The van der Waals surface area contributed by atoms with Gasteiger partial charge in [0.15, 0.2) is 6.10 Å². The summed E-state index contributed by atoms with van der Waals surface area (Å²) in [4.78, 5) is 55.6. The highest BCUT2D eigenvalue weighted by Crippen LogP contribution is 2.27. The van der Waals surface area contributed by atoms with Crippen LogP contribution in [0.3, 0.4) is 0 Å². The van der Waals surface area contributed by atoms with Crippen LogP contribution in [0.15, 0.2) is 78.9 Å². The minimum atomic E-state index is -4.41. The van der Waals surface area contributed by atoms with Crippen LogP contribution >= 0.6 is 23.2 Å². The SMILES string of the molecule is CC(C)[C@H](NC(=O)[C@@H](NC(=O)[C@@H](Cc1ccccc1)Oc1cc(Cl)cc(Cl)c1)c1ccccc1)C(=O)C(F)(F)C(=O)NCCN1CCCCC1. The van der Waals surface area contributed by atoms with Crippen LogP contribution in [0.5, 0.6) is 5.75 Å². The van der Waals surface area contributed by atoms with Gasteiger partial charge in [-0.1, -0.05) is 104 Å². The van der Waals surface area contributed by atoms with Gasteiger partial charge >= 0.3 is 5.92 Å². The highest BCUT2D eigenvalue weighted by atomic mass is 35.5. The Morgan fingerprint density at radius 2 is 1.44 bits per heavy atom. The molecule has 1 aliphatic rings. The Bertz CT molecular complexity index is 1590. The molecule has 3 amide bonds. The molecule has 0 bridgehead atoms. The van der Waals surface area contributed by atoms with E-state index < -0.39 is 53.5 Å². The second-order valence-electron chi connectivity index (χ2n) is 12.6. The predicted octanol–water partition coefficient (Wildman–Crippen LogP) is 5.79. The summed E-state index contributed by atoms with van der Waals surface area (Å²) < 4.78 is 36.7. The fraction of sp³-hybridized carbons (Fsp3) is 0.405. The average Bonchev–Trinajstić information content (AvgIpc) is 3.09. The summed E-state index contributed by atoms with van der Waals surface area (Å²) in [5, 5.41) is 7.82. The van der Waals surface area contributed by atoms with Gasteiger partial charge in [0.05, 0.1) is 6.04 Å². The van der Waals surface area contributed by atoms with E-state index in [1.54, 1.807) is 54.6 Å². The maximum absolute atomic E-state index is 15.3. The lowest BCUT2D eigenvalue weighted by molar-refractivity contribution is -0.161. The van der Waals surface area contributed by atoms with E-state index in [1.807, 2.05) is 6.07 Å². The summed E-state index contributed by atoms with van der Waals surface area (Å²) in [6.07, 6.45) is 2.01. The van der Waals surface area contributed by atoms with Crippen LogP contribution in [-0.4, -0.2) is 72.7 Å². The number of benzene rings is 3. The average molecular weight is 732 g/mol. The Hall–Kier alpha value is -4.06. The topological polar surface area (TPSA) is 117 Å². The van der Waals surface area contributed by atoms with Gasteiger partial charge in [-0.3, -0.25) is 19.2 Å². The number of ketones is 1. The highest BCUT2D eigenvalue weighted by molar-refractivity contribution is 6.34. The fourth-order valence-corrected chi connectivity index (χ4v) is 6.16. The summed E-state index contributed by atoms with van der Waals surface area (Å²) in [5.41, 5.74) is 1.07. The lowest BCUT2D eigenvalue weighted by atomic mass is 9.94. The Morgan fingerprint density at radius 3 is 2.04 bits per heavy atom. The Kier molecular flexibility index (Phi) is 14.1. The molecule has 13 heteroatoms. The van der Waals surface area contributed by atoms with E-state index in [1.165, 1.54) is 32.0 Å². The van der Waals surface area contributed by atoms with Crippen LogP contribution in [-0.2, 0) is 25.6 Å². The number of ether oxygens (including phenoxy) is 1. The Labute approximate surface area is 301 Å².